The monoisotopic (exact) mass is 272 g/mol. The Morgan fingerprint density at radius 3 is 2.16 bits per heavy atom. The zero-order valence-corrected chi connectivity index (χ0v) is 12.1. The number of carbonyl (C=O) groups is 3. The number of hydrogen-bond acceptors (Lipinski definition) is 4. The minimum absolute atomic E-state index is 0.0450. The van der Waals surface area contributed by atoms with E-state index in [1.165, 1.54) is 0 Å². The number of nitrogens with two attached hydrogens (primary N) is 1. The second kappa shape index (κ2) is 8.50. The van der Waals surface area contributed by atoms with Crippen LogP contribution in [0.3, 0.4) is 0 Å². The Morgan fingerprint density at radius 2 is 1.74 bits per heavy atom. The maximum atomic E-state index is 11.6. The average molecular weight is 272 g/mol. The molecule has 0 rings (SSSR count). The van der Waals surface area contributed by atoms with Gasteiger partial charge in [-0.25, -0.2) is 0 Å². The number of amides is 2. The van der Waals surface area contributed by atoms with E-state index >= 15 is 0 Å². The molecule has 6 nitrogen and oxygen atoms in total. The summed E-state index contributed by atoms with van der Waals surface area (Å²) in [5.74, 6) is -1.50. The first-order valence-corrected chi connectivity index (χ1v) is 6.52. The van der Waals surface area contributed by atoms with Gasteiger partial charge in [0.05, 0.1) is 13.0 Å². The Labute approximate surface area is 114 Å². The largest absolute Gasteiger partial charge is 0.466 e. The number of hydrogen-bond donors (Lipinski definition) is 2. The first-order valence-electron chi connectivity index (χ1n) is 6.52. The van der Waals surface area contributed by atoms with Gasteiger partial charge in [-0.15, -0.1) is 0 Å². The van der Waals surface area contributed by atoms with E-state index in [0.29, 0.717) is 6.42 Å². The summed E-state index contributed by atoms with van der Waals surface area (Å²) in [7, 11) is 0. The van der Waals surface area contributed by atoms with Crippen molar-refractivity contribution in [3.63, 3.8) is 0 Å². The lowest BCUT2D eigenvalue weighted by Crippen LogP contribution is -2.49. The third kappa shape index (κ3) is 7.43. The van der Waals surface area contributed by atoms with Crippen LogP contribution in [0.1, 0.15) is 40.5 Å². The van der Waals surface area contributed by atoms with Crippen LogP contribution in [0.2, 0.25) is 0 Å². The van der Waals surface area contributed by atoms with Crippen molar-refractivity contribution < 1.29 is 19.1 Å². The van der Waals surface area contributed by atoms with Crippen molar-refractivity contribution in [2.24, 2.45) is 17.6 Å². The van der Waals surface area contributed by atoms with E-state index in [-0.39, 0.29) is 24.9 Å². The highest BCUT2D eigenvalue weighted by Gasteiger charge is 2.27. The molecule has 0 fully saturated rings. The minimum atomic E-state index is -0.851. The van der Waals surface area contributed by atoms with Gasteiger partial charge >= 0.3 is 5.97 Å². The number of esters is 1. The highest BCUT2D eigenvalue weighted by Crippen LogP contribution is 2.10. The molecule has 19 heavy (non-hydrogen) atoms. The maximum Gasteiger partial charge on any atom is 0.306 e. The SMILES string of the molecule is CCOC(=O)C[C@@H](C)[C@@H](NC(=O)CC(C)C)C(N)=O. The lowest BCUT2D eigenvalue weighted by molar-refractivity contribution is -0.144. The fraction of sp³-hybridized carbons (Fsp3) is 0.769. The van der Waals surface area contributed by atoms with Gasteiger partial charge in [0.1, 0.15) is 6.04 Å². The number of rotatable bonds is 8. The van der Waals surface area contributed by atoms with Gasteiger partial charge in [0.2, 0.25) is 11.8 Å². The van der Waals surface area contributed by atoms with Crippen molar-refractivity contribution in [2.45, 2.75) is 46.6 Å². The molecule has 110 valence electrons. The lowest BCUT2D eigenvalue weighted by atomic mass is 9.97. The molecule has 0 unspecified atom stereocenters. The van der Waals surface area contributed by atoms with Crippen LogP contribution in [0.25, 0.3) is 0 Å². The van der Waals surface area contributed by atoms with Crippen LogP contribution in [-0.2, 0) is 19.1 Å². The molecule has 0 aliphatic heterocycles. The molecule has 0 aliphatic rings. The van der Waals surface area contributed by atoms with Gasteiger partial charge in [-0.1, -0.05) is 20.8 Å². The molecule has 0 spiro atoms. The Bertz CT molecular complexity index is 329. The summed E-state index contributed by atoms with van der Waals surface area (Å²) in [5, 5.41) is 2.57. The van der Waals surface area contributed by atoms with Gasteiger partial charge in [0.25, 0.3) is 0 Å². The van der Waals surface area contributed by atoms with Crippen molar-refractivity contribution >= 4 is 17.8 Å². The summed E-state index contributed by atoms with van der Waals surface area (Å²) in [6.07, 6.45) is 0.360. The van der Waals surface area contributed by atoms with Gasteiger partial charge < -0.3 is 15.8 Å². The molecule has 3 N–H and O–H groups in total. The fourth-order valence-corrected chi connectivity index (χ4v) is 1.70. The Hall–Kier alpha value is -1.59. The standard InChI is InChI=1S/C13H24N2O4/c1-5-19-11(17)7-9(4)12(13(14)18)15-10(16)6-8(2)3/h8-9,12H,5-7H2,1-4H3,(H2,14,18)(H,15,16)/t9-,12-/m1/s1. The third-order valence-electron chi connectivity index (χ3n) is 2.58. The minimum Gasteiger partial charge on any atom is -0.466 e. The quantitative estimate of drug-likeness (QED) is 0.632. The van der Waals surface area contributed by atoms with Crippen LogP contribution in [0.4, 0.5) is 0 Å². The van der Waals surface area contributed by atoms with Crippen LogP contribution in [0.15, 0.2) is 0 Å². The second-order valence-corrected chi connectivity index (χ2v) is 5.03. The highest BCUT2D eigenvalue weighted by atomic mass is 16.5. The zero-order valence-electron chi connectivity index (χ0n) is 12.1. The van der Waals surface area contributed by atoms with Crippen molar-refractivity contribution in [1.82, 2.24) is 5.32 Å². The summed E-state index contributed by atoms with van der Waals surface area (Å²) in [4.78, 5) is 34.4. The maximum absolute atomic E-state index is 11.6. The van der Waals surface area contributed by atoms with E-state index in [9.17, 15) is 14.4 Å². The topological polar surface area (TPSA) is 98.5 Å². The molecule has 2 amide bonds. The van der Waals surface area contributed by atoms with Gasteiger partial charge in [-0.2, -0.15) is 0 Å². The van der Waals surface area contributed by atoms with E-state index in [1.54, 1.807) is 13.8 Å². The molecule has 0 aromatic rings. The molecule has 0 saturated heterocycles. The average Bonchev–Trinajstić information content (AvgIpc) is 2.24. The molecule has 0 bridgehead atoms. The van der Waals surface area contributed by atoms with Crippen molar-refractivity contribution in [3.05, 3.63) is 0 Å². The molecule has 0 aliphatic carbocycles. The Morgan fingerprint density at radius 1 is 1.16 bits per heavy atom. The molecule has 0 radical (unpaired) electrons. The predicted molar refractivity (Wildman–Crippen MR) is 71.0 cm³/mol. The molecule has 6 heteroatoms. The normalized spacial score (nSPS) is 13.7. The summed E-state index contributed by atoms with van der Waals surface area (Å²) >= 11 is 0. The Kier molecular flexibility index (Phi) is 7.79. The van der Waals surface area contributed by atoms with E-state index < -0.39 is 23.8 Å². The number of nitrogens with one attached hydrogen (secondary N) is 1. The summed E-state index contributed by atoms with van der Waals surface area (Å²) in [5.41, 5.74) is 5.26. The van der Waals surface area contributed by atoms with Crippen LogP contribution in [0.5, 0.6) is 0 Å². The summed E-state index contributed by atoms with van der Waals surface area (Å²) in [6.45, 7) is 7.48. The van der Waals surface area contributed by atoms with Crippen LogP contribution in [0, 0.1) is 11.8 Å². The van der Waals surface area contributed by atoms with Crippen LogP contribution < -0.4 is 11.1 Å². The fourth-order valence-electron chi connectivity index (χ4n) is 1.70. The molecule has 0 aromatic carbocycles. The molecule has 0 aromatic heterocycles. The van der Waals surface area contributed by atoms with Crippen molar-refractivity contribution in [1.29, 1.82) is 0 Å². The lowest BCUT2D eigenvalue weighted by Gasteiger charge is -2.22. The summed E-state index contributed by atoms with van der Waals surface area (Å²) in [6, 6.07) is -0.851. The molecular formula is C13H24N2O4. The molecule has 0 saturated carbocycles. The highest BCUT2D eigenvalue weighted by molar-refractivity contribution is 5.87. The van der Waals surface area contributed by atoms with Gasteiger partial charge in [-0.05, 0) is 18.8 Å². The van der Waals surface area contributed by atoms with Crippen LogP contribution >= 0.6 is 0 Å². The predicted octanol–water partition coefficient (Wildman–Crippen LogP) is 0.592. The van der Waals surface area contributed by atoms with E-state index in [1.807, 2.05) is 13.8 Å². The first kappa shape index (κ1) is 17.4. The molecule has 0 heterocycles. The summed E-state index contributed by atoms with van der Waals surface area (Å²) < 4.78 is 4.81. The van der Waals surface area contributed by atoms with Crippen molar-refractivity contribution in [3.8, 4) is 0 Å². The van der Waals surface area contributed by atoms with E-state index in [4.69, 9.17) is 10.5 Å². The number of primary amides is 1. The second-order valence-electron chi connectivity index (χ2n) is 5.03. The van der Waals surface area contributed by atoms with Gasteiger partial charge in [0.15, 0.2) is 0 Å². The zero-order chi connectivity index (χ0) is 15.0. The van der Waals surface area contributed by atoms with Gasteiger partial charge in [0, 0.05) is 6.42 Å². The first-order chi connectivity index (χ1) is 8.77. The van der Waals surface area contributed by atoms with E-state index in [2.05, 4.69) is 5.32 Å². The molecule has 2 atom stereocenters. The van der Waals surface area contributed by atoms with Crippen molar-refractivity contribution in [2.75, 3.05) is 6.61 Å². The van der Waals surface area contributed by atoms with Gasteiger partial charge in [-0.3, -0.25) is 14.4 Å². The number of carbonyl (C=O) groups excluding carboxylic acids is 3. The van der Waals surface area contributed by atoms with Crippen LogP contribution in [-0.4, -0.2) is 30.4 Å². The van der Waals surface area contributed by atoms with E-state index in [0.717, 1.165) is 0 Å². The Balaban J connectivity index is 4.51. The molecular weight excluding hydrogens is 248 g/mol. The third-order valence-corrected chi connectivity index (χ3v) is 2.58. The smallest absolute Gasteiger partial charge is 0.306 e. The number of ether oxygens (including phenoxy) is 1.